The molecule has 2 aliphatic rings. The zero-order valence-corrected chi connectivity index (χ0v) is 13.5. The van der Waals surface area contributed by atoms with Crippen LogP contribution < -0.4 is 5.32 Å². The van der Waals surface area contributed by atoms with Gasteiger partial charge in [-0.25, -0.2) is 4.98 Å². The fourth-order valence-electron chi connectivity index (χ4n) is 3.45. The second kappa shape index (κ2) is 5.96. The van der Waals surface area contributed by atoms with E-state index in [0.29, 0.717) is 12.5 Å². The van der Waals surface area contributed by atoms with Gasteiger partial charge >= 0.3 is 0 Å². The van der Waals surface area contributed by atoms with Gasteiger partial charge in [0.05, 0.1) is 23.2 Å². The van der Waals surface area contributed by atoms with Crippen LogP contribution in [-0.2, 0) is 16.1 Å². The van der Waals surface area contributed by atoms with Crippen LogP contribution in [0.15, 0.2) is 24.3 Å². The quantitative estimate of drug-likeness (QED) is 0.923. The molecule has 2 aromatic rings. The van der Waals surface area contributed by atoms with E-state index in [1.54, 1.807) is 0 Å². The average molecular weight is 313 g/mol. The van der Waals surface area contributed by atoms with Crippen LogP contribution in [0.4, 0.5) is 0 Å². The smallest absolute Gasteiger partial charge is 0.240 e. The summed E-state index contributed by atoms with van der Waals surface area (Å²) in [6, 6.07) is 8.12. The Morgan fingerprint density at radius 2 is 2.22 bits per heavy atom. The van der Waals surface area contributed by atoms with Crippen LogP contribution in [0.5, 0.6) is 0 Å². The summed E-state index contributed by atoms with van der Waals surface area (Å²) >= 11 is 0. The minimum atomic E-state index is 0.0399. The molecule has 1 aromatic carbocycles. The number of fused-ring (bicyclic) bond motifs is 1. The van der Waals surface area contributed by atoms with E-state index in [1.165, 1.54) is 12.8 Å². The van der Waals surface area contributed by atoms with Crippen LogP contribution in [-0.4, -0.2) is 34.2 Å². The van der Waals surface area contributed by atoms with Crippen molar-refractivity contribution in [2.75, 3.05) is 6.61 Å². The normalized spacial score (nSPS) is 22.4. The molecule has 0 bridgehead atoms. The fraction of sp³-hybridized carbons (Fsp3) is 0.556. The van der Waals surface area contributed by atoms with Gasteiger partial charge in [-0.15, -0.1) is 0 Å². The maximum absolute atomic E-state index is 12.5. The van der Waals surface area contributed by atoms with E-state index >= 15 is 0 Å². The zero-order valence-electron chi connectivity index (χ0n) is 13.5. The van der Waals surface area contributed by atoms with E-state index in [-0.39, 0.29) is 18.1 Å². The lowest BCUT2D eigenvalue weighted by atomic mass is 10.1. The van der Waals surface area contributed by atoms with Gasteiger partial charge in [0.1, 0.15) is 12.4 Å². The number of amides is 1. The number of carbonyl (C=O) groups is 1. The standard InChI is InChI=1S/C18H23N3O2/c1-12(16-7-4-10-23-16)19-17(22)11-21-15-6-3-2-5-14(15)20-18(21)13-8-9-13/h2-3,5-6,12-13,16H,4,7-11H2,1H3,(H,19,22)/t12-,16+/m1/s1. The third kappa shape index (κ3) is 2.98. The summed E-state index contributed by atoms with van der Waals surface area (Å²) in [7, 11) is 0. The van der Waals surface area contributed by atoms with E-state index in [0.717, 1.165) is 36.3 Å². The second-order valence-electron chi connectivity index (χ2n) is 6.73. The molecule has 5 nitrogen and oxygen atoms in total. The number of para-hydroxylation sites is 2. The van der Waals surface area contributed by atoms with E-state index in [9.17, 15) is 4.79 Å². The van der Waals surface area contributed by atoms with E-state index in [1.807, 2.05) is 31.2 Å². The molecule has 2 heterocycles. The number of rotatable bonds is 5. The van der Waals surface area contributed by atoms with Crippen molar-refractivity contribution in [3.05, 3.63) is 30.1 Å². The highest BCUT2D eigenvalue weighted by Gasteiger charge is 2.30. The first-order valence-electron chi connectivity index (χ1n) is 8.58. The Morgan fingerprint density at radius 3 is 2.96 bits per heavy atom. The first-order chi connectivity index (χ1) is 11.2. The van der Waals surface area contributed by atoms with Crippen LogP contribution in [0.25, 0.3) is 11.0 Å². The summed E-state index contributed by atoms with van der Waals surface area (Å²) in [4.78, 5) is 17.2. The van der Waals surface area contributed by atoms with Gasteiger partial charge in [0.25, 0.3) is 0 Å². The highest BCUT2D eigenvalue weighted by atomic mass is 16.5. The average Bonchev–Trinajstić information content (AvgIpc) is 3.10. The molecular weight excluding hydrogens is 290 g/mol. The summed E-state index contributed by atoms with van der Waals surface area (Å²) < 4.78 is 7.75. The molecule has 0 spiro atoms. The molecule has 1 aliphatic carbocycles. The maximum Gasteiger partial charge on any atom is 0.240 e. The van der Waals surface area contributed by atoms with Crippen molar-refractivity contribution in [3.63, 3.8) is 0 Å². The number of benzene rings is 1. The Balaban J connectivity index is 1.52. The number of nitrogens with zero attached hydrogens (tertiary/aromatic N) is 2. The van der Waals surface area contributed by atoms with Crippen molar-refractivity contribution < 1.29 is 9.53 Å². The lowest BCUT2D eigenvalue weighted by molar-refractivity contribution is -0.123. The summed E-state index contributed by atoms with van der Waals surface area (Å²) in [6.07, 6.45) is 4.63. The van der Waals surface area contributed by atoms with Gasteiger partial charge in [-0.3, -0.25) is 4.79 Å². The predicted molar refractivity (Wildman–Crippen MR) is 88.3 cm³/mol. The van der Waals surface area contributed by atoms with Crippen LogP contribution in [0.1, 0.15) is 44.3 Å². The summed E-state index contributed by atoms with van der Waals surface area (Å²) in [5, 5.41) is 3.10. The van der Waals surface area contributed by atoms with Crippen LogP contribution in [0.3, 0.4) is 0 Å². The molecule has 0 radical (unpaired) electrons. The molecule has 122 valence electrons. The summed E-state index contributed by atoms with van der Waals surface area (Å²) in [5.41, 5.74) is 2.03. The first-order valence-corrected chi connectivity index (χ1v) is 8.58. The maximum atomic E-state index is 12.5. The van der Waals surface area contributed by atoms with Gasteiger partial charge in [-0.2, -0.15) is 0 Å². The number of hydrogen-bond donors (Lipinski definition) is 1. The lowest BCUT2D eigenvalue weighted by Gasteiger charge is -2.20. The molecule has 1 aliphatic heterocycles. The Labute approximate surface area is 136 Å². The molecule has 1 aromatic heterocycles. The van der Waals surface area contributed by atoms with Gasteiger partial charge in [-0.1, -0.05) is 12.1 Å². The van der Waals surface area contributed by atoms with Crippen molar-refractivity contribution in [3.8, 4) is 0 Å². The minimum Gasteiger partial charge on any atom is -0.376 e. The Bertz CT molecular complexity index is 714. The minimum absolute atomic E-state index is 0.0399. The topological polar surface area (TPSA) is 56.2 Å². The van der Waals surface area contributed by atoms with Crippen molar-refractivity contribution in [1.82, 2.24) is 14.9 Å². The lowest BCUT2D eigenvalue weighted by Crippen LogP contribution is -2.42. The van der Waals surface area contributed by atoms with E-state index < -0.39 is 0 Å². The monoisotopic (exact) mass is 313 g/mol. The molecule has 1 N–H and O–H groups in total. The molecule has 0 unspecified atom stereocenters. The van der Waals surface area contributed by atoms with Crippen molar-refractivity contribution >= 4 is 16.9 Å². The van der Waals surface area contributed by atoms with Crippen molar-refractivity contribution in [2.24, 2.45) is 0 Å². The molecule has 5 heteroatoms. The number of aromatic nitrogens is 2. The molecule has 2 fully saturated rings. The molecule has 2 atom stereocenters. The molecule has 1 amide bonds. The zero-order chi connectivity index (χ0) is 15.8. The number of carbonyl (C=O) groups excluding carboxylic acids is 1. The number of imidazole rings is 1. The Hall–Kier alpha value is -1.88. The molecular formula is C18H23N3O2. The predicted octanol–water partition coefficient (Wildman–Crippen LogP) is 2.60. The molecule has 23 heavy (non-hydrogen) atoms. The fourth-order valence-corrected chi connectivity index (χ4v) is 3.45. The number of ether oxygens (including phenoxy) is 1. The summed E-state index contributed by atoms with van der Waals surface area (Å²) in [6.45, 7) is 3.17. The van der Waals surface area contributed by atoms with Gasteiger partial charge in [0, 0.05) is 12.5 Å². The van der Waals surface area contributed by atoms with E-state index in [2.05, 4.69) is 9.88 Å². The Morgan fingerprint density at radius 1 is 1.39 bits per heavy atom. The van der Waals surface area contributed by atoms with Gasteiger partial charge in [0.2, 0.25) is 5.91 Å². The number of nitrogens with one attached hydrogen (secondary N) is 1. The highest BCUT2D eigenvalue weighted by Crippen LogP contribution is 2.40. The van der Waals surface area contributed by atoms with Crippen LogP contribution in [0.2, 0.25) is 0 Å². The largest absolute Gasteiger partial charge is 0.376 e. The first kappa shape index (κ1) is 14.7. The van der Waals surface area contributed by atoms with Gasteiger partial charge < -0.3 is 14.6 Å². The third-order valence-electron chi connectivity index (χ3n) is 4.84. The van der Waals surface area contributed by atoms with E-state index in [4.69, 9.17) is 9.72 Å². The summed E-state index contributed by atoms with van der Waals surface area (Å²) in [5.74, 6) is 1.62. The van der Waals surface area contributed by atoms with Gasteiger partial charge in [0.15, 0.2) is 0 Å². The van der Waals surface area contributed by atoms with Gasteiger partial charge in [-0.05, 0) is 44.7 Å². The van der Waals surface area contributed by atoms with Crippen molar-refractivity contribution in [2.45, 2.75) is 57.2 Å². The molecule has 1 saturated heterocycles. The number of hydrogen-bond acceptors (Lipinski definition) is 3. The third-order valence-corrected chi connectivity index (χ3v) is 4.84. The SMILES string of the molecule is C[C@@H](NC(=O)Cn1c(C2CC2)nc2ccccc21)[C@@H]1CCCO1. The highest BCUT2D eigenvalue weighted by molar-refractivity contribution is 5.81. The van der Waals surface area contributed by atoms with Crippen molar-refractivity contribution in [1.29, 1.82) is 0 Å². The second-order valence-corrected chi connectivity index (χ2v) is 6.73. The molecule has 1 saturated carbocycles. The van der Waals surface area contributed by atoms with Crippen LogP contribution >= 0.6 is 0 Å². The Kier molecular flexibility index (Phi) is 3.81. The molecule has 4 rings (SSSR count). The van der Waals surface area contributed by atoms with Crippen LogP contribution in [0, 0.1) is 0 Å².